The summed E-state index contributed by atoms with van der Waals surface area (Å²) >= 11 is 1.61. The molecular formula is C17H19N9OS. The number of aromatic amines is 1. The Labute approximate surface area is 164 Å². The highest BCUT2D eigenvalue weighted by molar-refractivity contribution is 7.15. The summed E-state index contributed by atoms with van der Waals surface area (Å²) in [5, 5.41) is 14.2. The molecule has 0 aromatic carbocycles. The van der Waals surface area contributed by atoms with E-state index in [2.05, 4.69) is 26.3 Å². The highest BCUT2D eigenvalue weighted by atomic mass is 32.1. The van der Waals surface area contributed by atoms with E-state index in [9.17, 15) is 4.79 Å². The predicted molar refractivity (Wildman–Crippen MR) is 105 cm³/mol. The Bertz CT molecular complexity index is 1110. The molecule has 0 fully saturated rings. The molecule has 2 aliphatic rings. The van der Waals surface area contributed by atoms with Gasteiger partial charge in [-0.3, -0.25) is 14.9 Å². The molecule has 10 nitrogen and oxygen atoms in total. The van der Waals surface area contributed by atoms with E-state index >= 15 is 0 Å². The number of hydrogen-bond acceptors (Lipinski definition) is 9. The molecule has 0 atom stereocenters. The van der Waals surface area contributed by atoms with Gasteiger partial charge in [-0.05, 0) is 6.07 Å². The first-order valence-electron chi connectivity index (χ1n) is 8.82. The normalized spacial score (nSPS) is 15.3. The summed E-state index contributed by atoms with van der Waals surface area (Å²) in [4.78, 5) is 20.9. The van der Waals surface area contributed by atoms with Crippen molar-refractivity contribution in [3.05, 3.63) is 57.1 Å². The van der Waals surface area contributed by atoms with Gasteiger partial charge in [-0.25, -0.2) is 9.67 Å². The molecule has 0 unspecified atom stereocenters. The Hall–Kier alpha value is -3.18. The first kappa shape index (κ1) is 17.0. The zero-order valence-corrected chi connectivity index (χ0v) is 16.2. The minimum Gasteiger partial charge on any atom is -0.364 e. The van der Waals surface area contributed by atoms with Crippen molar-refractivity contribution in [1.82, 2.24) is 40.9 Å². The van der Waals surface area contributed by atoms with E-state index in [-0.39, 0.29) is 5.56 Å². The smallest absolute Gasteiger partial charge is 0.291 e. The molecule has 3 aromatic rings. The quantitative estimate of drug-likeness (QED) is 0.582. The fourth-order valence-corrected chi connectivity index (χ4v) is 4.56. The van der Waals surface area contributed by atoms with Gasteiger partial charge in [-0.1, -0.05) is 0 Å². The Morgan fingerprint density at radius 3 is 2.96 bits per heavy atom. The van der Waals surface area contributed by atoms with Gasteiger partial charge in [-0.15, -0.1) is 16.9 Å². The van der Waals surface area contributed by atoms with Crippen LogP contribution in [-0.4, -0.2) is 44.1 Å². The molecule has 5 rings (SSSR count). The van der Waals surface area contributed by atoms with E-state index in [0.29, 0.717) is 25.2 Å². The molecule has 0 spiro atoms. The van der Waals surface area contributed by atoms with Crippen LogP contribution in [0.1, 0.15) is 16.4 Å². The van der Waals surface area contributed by atoms with E-state index in [1.807, 2.05) is 36.3 Å². The summed E-state index contributed by atoms with van der Waals surface area (Å²) in [5.41, 5.74) is 10.2. The molecule has 11 heteroatoms. The van der Waals surface area contributed by atoms with Crippen molar-refractivity contribution < 1.29 is 0 Å². The molecule has 0 radical (unpaired) electrons. The van der Waals surface area contributed by atoms with Crippen LogP contribution in [0.2, 0.25) is 0 Å². The topological polar surface area (TPSA) is 107 Å². The molecule has 5 heterocycles. The molecule has 0 amide bonds. The van der Waals surface area contributed by atoms with Crippen LogP contribution in [0.15, 0.2) is 35.2 Å². The molecule has 3 N–H and O–H groups in total. The average Bonchev–Trinajstić information content (AvgIpc) is 3.40. The van der Waals surface area contributed by atoms with E-state index in [0.717, 1.165) is 32.5 Å². The zero-order valence-electron chi connectivity index (χ0n) is 15.4. The summed E-state index contributed by atoms with van der Waals surface area (Å²) < 4.78 is 1.49. The van der Waals surface area contributed by atoms with Crippen LogP contribution in [0.25, 0.3) is 10.4 Å². The minimum absolute atomic E-state index is 0.102. The standard InChI is InChI=1S/C17H19N9OS/c1-24-9-13-16(28-14(21-13)5-10-3-4-18-22-10)12-7-20-26(17(27)15(12)24)8-11-6-19-23-25(11)2/h3-4,6-7,19,23H,5,8-9H2,1-2H3,(H,18,22). The van der Waals surface area contributed by atoms with Crippen LogP contribution in [0.5, 0.6) is 0 Å². The fourth-order valence-electron chi connectivity index (χ4n) is 3.46. The highest BCUT2D eigenvalue weighted by Gasteiger charge is 2.28. The Morgan fingerprint density at radius 1 is 1.32 bits per heavy atom. The summed E-state index contributed by atoms with van der Waals surface area (Å²) in [6.07, 6.45) is 6.03. The lowest BCUT2D eigenvalue weighted by Crippen LogP contribution is -2.37. The Morgan fingerprint density at radius 2 is 2.21 bits per heavy atom. The van der Waals surface area contributed by atoms with Gasteiger partial charge in [0.05, 0.1) is 40.6 Å². The number of nitrogens with zero attached hydrogens (tertiary/aromatic N) is 6. The third-order valence-electron chi connectivity index (χ3n) is 4.89. The van der Waals surface area contributed by atoms with Crippen molar-refractivity contribution in [2.75, 3.05) is 19.0 Å². The number of fused-ring (bicyclic) bond motifs is 3. The van der Waals surface area contributed by atoms with Gasteiger partial charge < -0.3 is 10.3 Å². The van der Waals surface area contributed by atoms with Gasteiger partial charge in [0.2, 0.25) is 0 Å². The van der Waals surface area contributed by atoms with Crippen LogP contribution >= 0.6 is 11.3 Å². The van der Waals surface area contributed by atoms with Crippen LogP contribution in [0, 0.1) is 0 Å². The van der Waals surface area contributed by atoms with Crippen LogP contribution < -0.4 is 21.4 Å². The molecule has 0 saturated carbocycles. The van der Waals surface area contributed by atoms with E-state index in [1.54, 1.807) is 23.7 Å². The second-order valence-corrected chi connectivity index (χ2v) is 7.90. The summed E-state index contributed by atoms with van der Waals surface area (Å²) in [7, 11) is 3.80. The first-order chi connectivity index (χ1) is 13.6. The van der Waals surface area contributed by atoms with Gasteiger partial charge in [0.15, 0.2) is 0 Å². The number of H-pyrrole nitrogens is 1. The Kier molecular flexibility index (Phi) is 3.91. The van der Waals surface area contributed by atoms with Crippen molar-refractivity contribution in [2.45, 2.75) is 19.5 Å². The highest BCUT2D eigenvalue weighted by Crippen LogP contribution is 2.39. The molecular weight excluding hydrogens is 378 g/mol. The number of hydrazine groups is 2. The zero-order chi connectivity index (χ0) is 19.3. The lowest BCUT2D eigenvalue weighted by molar-refractivity contribution is 0.290. The number of rotatable bonds is 4. The molecule has 0 aliphatic carbocycles. The second-order valence-electron chi connectivity index (χ2n) is 6.82. The van der Waals surface area contributed by atoms with Gasteiger partial charge >= 0.3 is 0 Å². The molecule has 2 aliphatic heterocycles. The molecule has 0 saturated heterocycles. The number of nitrogens with one attached hydrogen (secondary N) is 3. The lowest BCUT2D eigenvalue weighted by Gasteiger charge is -2.26. The number of allylic oxidation sites excluding steroid dienone is 1. The second kappa shape index (κ2) is 6.46. The maximum atomic E-state index is 13.1. The number of thiazole rings is 1. The molecule has 3 aromatic heterocycles. The number of anilines is 1. The lowest BCUT2D eigenvalue weighted by atomic mass is 10.1. The summed E-state index contributed by atoms with van der Waals surface area (Å²) in [5.74, 6) is 0. The van der Waals surface area contributed by atoms with Gasteiger partial charge in [0, 0.05) is 44.2 Å². The molecule has 0 bridgehead atoms. The van der Waals surface area contributed by atoms with E-state index in [1.165, 1.54) is 4.68 Å². The summed E-state index contributed by atoms with van der Waals surface area (Å²) in [6, 6.07) is 1.94. The fraction of sp³-hybridized carbons (Fsp3) is 0.294. The van der Waals surface area contributed by atoms with Crippen molar-refractivity contribution in [1.29, 1.82) is 0 Å². The number of hydrogen-bond donors (Lipinski definition) is 3. The maximum absolute atomic E-state index is 13.1. The van der Waals surface area contributed by atoms with E-state index < -0.39 is 0 Å². The largest absolute Gasteiger partial charge is 0.364 e. The van der Waals surface area contributed by atoms with Gasteiger partial charge in [0.25, 0.3) is 5.56 Å². The monoisotopic (exact) mass is 397 g/mol. The third kappa shape index (κ3) is 2.75. The Balaban J connectivity index is 1.52. The molecule has 144 valence electrons. The van der Waals surface area contributed by atoms with E-state index in [4.69, 9.17) is 4.98 Å². The van der Waals surface area contributed by atoms with Crippen LogP contribution in [0.4, 0.5) is 5.69 Å². The summed E-state index contributed by atoms with van der Waals surface area (Å²) in [6.45, 7) is 0.990. The first-order valence-corrected chi connectivity index (χ1v) is 9.64. The van der Waals surface area contributed by atoms with Gasteiger partial charge in [0.1, 0.15) is 5.69 Å². The molecule has 28 heavy (non-hydrogen) atoms. The predicted octanol–water partition coefficient (Wildman–Crippen LogP) is 0.427. The minimum atomic E-state index is -0.102. The maximum Gasteiger partial charge on any atom is 0.291 e. The third-order valence-corrected chi connectivity index (χ3v) is 6.02. The number of aromatic nitrogens is 5. The SMILES string of the molecule is CN1NNC=C1Cn1ncc2c(c1=O)N(C)Cc1nc(Cc3ccn[nH]3)sc1-2. The van der Waals surface area contributed by atoms with Crippen molar-refractivity contribution >= 4 is 17.0 Å². The average molecular weight is 397 g/mol. The van der Waals surface area contributed by atoms with Crippen molar-refractivity contribution in [3.63, 3.8) is 0 Å². The van der Waals surface area contributed by atoms with Crippen LogP contribution in [-0.2, 0) is 19.5 Å². The van der Waals surface area contributed by atoms with Crippen LogP contribution in [0.3, 0.4) is 0 Å². The van der Waals surface area contributed by atoms with Crippen molar-refractivity contribution in [2.24, 2.45) is 0 Å². The van der Waals surface area contributed by atoms with Crippen molar-refractivity contribution in [3.8, 4) is 10.4 Å². The number of likely N-dealkylation sites (N-methyl/N-ethyl adjacent to an activating group) is 1. The van der Waals surface area contributed by atoms with Gasteiger partial charge in [-0.2, -0.15) is 10.2 Å².